The van der Waals surface area contributed by atoms with E-state index in [0.29, 0.717) is 17.9 Å². The normalized spacial score (nSPS) is 19.1. The molecule has 150 valence electrons. The SMILES string of the molecule is CCc1ccccc1N1C(=O)NC(=O)/C(=C\c2ccc(N3CCCCC3)o2)C1=O. The molecule has 0 aliphatic carbocycles. The summed E-state index contributed by atoms with van der Waals surface area (Å²) in [7, 11) is 0. The molecular formula is C22H23N3O4. The first-order chi connectivity index (χ1) is 14.1. The number of rotatable bonds is 4. The van der Waals surface area contributed by atoms with Crippen LogP contribution in [0.15, 0.2) is 46.4 Å². The molecule has 4 rings (SSSR count). The number of imide groups is 2. The second kappa shape index (κ2) is 7.95. The number of hydrogen-bond acceptors (Lipinski definition) is 5. The summed E-state index contributed by atoms with van der Waals surface area (Å²) < 4.78 is 5.85. The summed E-state index contributed by atoms with van der Waals surface area (Å²) in [6, 6.07) is 9.99. The number of piperidine rings is 1. The van der Waals surface area contributed by atoms with Crippen molar-refractivity contribution in [2.24, 2.45) is 0 Å². The molecular weight excluding hydrogens is 370 g/mol. The van der Waals surface area contributed by atoms with E-state index in [0.717, 1.165) is 42.3 Å². The van der Waals surface area contributed by atoms with E-state index < -0.39 is 17.8 Å². The van der Waals surface area contributed by atoms with Gasteiger partial charge >= 0.3 is 6.03 Å². The fourth-order valence-corrected chi connectivity index (χ4v) is 3.75. The van der Waals surface area contributed by atoms with Gasteiger partial charge in [0.2, 0.25) is 0 Å². The first kappa shape index (κ1) is 19.0. The van der Waals surface area contributed by atoms with Crippen molar-refractivity contribution in [3.8, 4) is 0 Å². The summed E-state index contributed by atoms with van der Waals surface area (Å²) in [5.41, 5.74) is 1.19. The predicted octanol–water partition coefficient (Wildman–Crippen LogP) is 3.50. The highest BCUT2D eigenvalue weighted by atomic mass is 16.4. The van der Waals surface area contributed by atoms with E-state index in [1.807, 2.05) is 25.1 Å². The van der Waals surface area contributed by atoms with Crippen molar-refractivity contribution in [1.82, 2.24) is 5.32 Å². The first-order valence-corrected chi connectivity index (χ1v) is 9.92. The van der Waals surface area contributed by atoms with E-state index in [1.165, 1.54) is 12.5 Å². The number of para-hydroxylation sites is 1. The fraction of sp³-hybridized carbons (Fsp3) is 0.318. The number of urea groups is 1. The van der Waals surface area contributed by atoms with Gasteiger partial charge in [-0.15, -0.1) is 0 Å². The van der Waals surface area contributed by atoms with Crippen LogP contribution in [0.1, 0.15) is 37.5 Å². The number of carbonyl (C=O) groups is 3. The molecule has 0 radical (unpaired) electrons. The number of amides is 4. The molecule has 0 unspecified atom stereocenters. The van der Waals surface area contributed by atoms with E-state index in [1.54, 1.807) is 18.2 Å². The zero-order chi connectivity index (χ0) is 20.4. The maximum Gasteiger partial charge on any atom is 0.335 e. The quantitative estimate of drug-likeness (QED) is 0.635. The van der Waals surface area contributed by atoms with Crippen LogP contribution in [0.2, 0.25) is 0 Å². The molecule has 0 saturated carbocycles. The van der Waals surface area contributed by atoms with Crippen LogP contribution < -0.4 is 15.1 Å². The van der Waals surface area contributed by atoms with Gasteiger partial charge in [-0.05, 0) is 49.5 Å². The lowest BCUT2D eigenvalue weighted by atomic mass is 10.1. The lowest BCUT2D eigenvalue weighted by Crippen LogP contribution is -2.54. The van der Waals surface area contributed by atoms with Crippen LogP contribution in [-0.2, 0) is 16.0 Å². The first-order valence-electron chi connectivity index (χ1n) is 9.92. The molecule has 0 bridgehead atoms. The smallest absolute Gasteiger partial charge is 0.335 e. The molecule has 2 saturated heterocycles. The number of anilines is 2. The summed E-state index contributed by atoms with van der Waals surface area (Å²) in [5.74, 6) is -0.247. The van der Waals surface area contributed by atoms with Crippen LogP contribution in [0.3, 0.4) is 0 Å². The molecule has 2 aliphatic heterocycles. The predicted molar refractivity (Wildman–Crippen MR) is 110 cm³/mol. The zero-order valence-corrected chi connectivity index (χ0v) is 16.3. The van der Waals surface area contributed by atoms with Crippen LogP contribution in [0.5, 0.6) is 0 Å². The minimum atomic E-state index is -0.744. The number of barbiturate groups is 1. The third kappa shape index (κ3) is 3.68. The lowest BCUT2D eigenvalue weighted by Gasteiger charge is -2.27. The Bertz CT molecular complexity index is 985. The number of nitrogens with one attached hydrogen (secondary N) is 1. The number of hydrogen-bond donors (Lipinski definition) is 1. The van der Waals surface area contributed by atoms with Gasteiger partial charge in [0, 0.05) is 19.2 Å². The van der Waals surface area contributed by atoms with Gasteiger partial charge in [-0.25, -0.2) is 9.69 Å². The standard InChI is InChI=1S/C22H23N3O4/c1-2-15-8-4-5-9-18(15)25-21(27)17(20(26)23-22(25)28)14-16-10-11-19(29-16)24-12-6-3-7-13-24/h4-5,8-11,14H,2-3,6-7,12-13H2,1H3,(H,23,26,28)/b17-14+. The summed E-state index contributed by atoms with van der Waals surface area (Å²) in [6.45, 7) is 3.80. The number of benzene rings is 1. The largest absolute Gasteiger partial charge is 0.441 e. The van der Waals surface area contributed by atoms with Crippen molar-refractivity contribution in [2.45, 2.75) is 32.6 Å². The van der Waals surface area contributed by atoms with Crippen molar-refractivity contribution in [2.75, 3.05) is 22.9 Å². The van der Waals surface area contributed by atoms with Gasteiger partial charge in [0.25, 0.3) is 11.8 Å². The van der Waals surface area contributed by atoms with Gasteiger partial charge in [0.15, 0.2) is 5.88 Å². The molecule has 4 amide bonds. The topological polar surface area (TPSA) is 82.9 Å². The Hall–Kier alpha value is -3.35. The number of nitrogens with zero attached hydrogens (tertiary/aromatic N) is 2. The summed E-state index contributed by atoms with van der Waals surface area (Å²) >= 11 is 0. The van der Waals surface area contributed by atoms with Gasteiger partial charge in [0.05, 0.1) is 5.69 Å². The molecule has 2 fully saturated rings. The third-order valence-corrected chi connectivity index (χ3v) is 5.28. The zero-order valence-electron chi connectivity index (χ0n) is 16.3. The molecule has 1 aromatic carbocycles. The Labute approximate surface area is 169 Å². The van der Waals surface area contributed by atoms with Crippen molar-refractivity contribution in [1.29, 1.82) is 0 Å². The third-order valence-electron chi connectivity index (χ3n) is 5.28. The van der Waals surface area contributed by atoms with Crippen LogP contribution in [-0.4, -0.2) is 30.9 Å². The highest BCUT2D eigenvalue weighted by Crippen LogP contribution is 2.27. The van der Waals surface area contributed by atoms with E-state index >= 15 is 0 Å². The van der Waals surface area contributed by atoms with Gasteiger partial charge < -0.3 is 9.32 Å². The molecule has 3 heterocycles. The Balaban J connectivity index is 1.64. The Morgan fingerprint density at radius 2 is 1.79 bits per heavy atom. The molecule has 1 N–H and O–H groups in total. The van der Waals surface area contributed by atoms with E-state index in [-0.39, 0.29) is 5.57 Å². The van der Waals surface area contributed by atoms with Gasteiger partial charge in [-0.3, -0.25) is 14.9 Å². The van der Waals surface area contributed by atoms with Crippen molar-refractivity contribution in [3.05, 3.63) is 53.3 Å². The molecule has 7 nitrogen and oxygen atoms in total. The molecule has 7 heteroatoms. The molecule has 2 aliphatic rings. The molecule has 2 aromatic rings. The summed E-state index contributed by atoms with van der Waals surface area (Å²) in [4.78, 5) is 41.0. The average Bonchev–Trinajstić information content (AvgIpc) is 3.21. The second-order valence-corrected chi connectivity index (χ2v) is 7.16. The van der Waals surface area contributed by atoms with E-state index in [9.17, 15) is 14.4 Å². The Kier molecular flexibility index (Phi) is 5.20. The van der Waals surface area contributed by atoms with Crippen molar-refractivity contribution in [3.63, 3.8) is 0 Å². The highest BCUT2D eigenvalue weighted by Gasteiger charge is 2.37. The Morgan fingerprint density at radius 1 is 1.03 bits per heavy atom. The van der Waals surface area contributed by atoms with Gasteiger partial charge in [-0.2, -0.15) is 0 Å². The molecule has 0 spiro atoms. The van der Waals surface area contributed by atoms with Gasteiger partial charge in [-0.1, -0.05) is 25.1 Å². The second-order valence-electron chi connectivity index (χ2n) is 7.16. The summed E-state index contributed by atoms with van der Waals surface area (Å²) in [6.07, 6.45) is 5.50. The monoisotopic (exact) mass is 393 g/mol. The number of furan rings is 1. The summed E-state index contributed by atoms with van der Waals surface area (Å²) in [5, 5.41) is 2.26. The fourth-order valence-electron chi connectivity index (χ4n) is 3.75. The van der Waals surface area contributed by atoms with Crippen LogP contribution >= 0.6 is 0 Å². The Morgan fingerprint density at radius 3 is 2.55 bits per heavy atom. The number of carbonyl (C=O) groups excluding carboxylic acids is 3. The van der Waals surface area contributed by atoms with E-state index in [2.05, 4.69) is 10.2 Å². The van der Waals surface area contributed by atoms with Crippen molar-refractivity contribution < 1.29 is 18.8 Å². The van der Waals surface area contributed by atoms with E-state index in [4.69, 9.17) is 4.42 Å². The highest BCUT2D eigenvalue weighted by molar-refractivity contribution is 6.39. The van der Waals surface area contributed by atoms with Crippen LogP contribution in [0.4, 0.5) is 16.4 Å². The molecule has 29 heavy (non-hydrogen) atoms. The molecule has 1 aromatic heterocycles. The minimum absolute atomic E-state index is 0.130. The van der Waals surface area contributed by atoms with Gasteiger partial charge in [0.1, 0.15) is 11.3 Å². The lowest BCUT2D eigenvalue weighted by molar-refractivity contribution is -0.122. The maximum absolute atomic E-state index is 13.1. The average molecular weight is 393 g/mol. The van der Waals surface area contributed by atoms with Crippen LogP contribution in [0.25, 0.3) is 6.08 Å². The number of aryl methyl sites for hydroxylation is 1. The molecule has 0 atom stereocenters. The van der Waals surface area contributed by atoms with Crippen molar-refractivity contribution >= 4 is 35.5 Å². The maximum atomic E-state index is 13.1. The van der Waals surface area contributed by atoms with Crippen LogP contribution in [0, 0.1) is 0 Å². The minimum Gasteiger partial charge on any atom is -0.441 e.